The van der Waals surface area contributed by atoms with Crippen molar-refractivity contribution >= 4 is 45.6 Å². The highest BCUT2D eigenvalue weighted by atomic mass is 35.5. The van der Waals surface area contributed by atoms with Crippen molar-refractivity contribution in [2.75, 3.05) is 0 Å². The lowest BCUT2D eigenvalue weighted by molar-refractivity contribution is 0.615. The fraction of sp³-hybridized carbons (Fsp3) is 0.267. The molecule has 0 radical (unpaired) electrons. The monoisotopic (exact) mass is 342 g/mol. The summed E-state index contributed by atoms with van der Waals surface area (Å²) >= 11 is 13.8. The molecule has 2 aromatic heterocycles. The lowest BCUT2D eigenvalue weighted by Crippen LogP contribution is -2.10. The largest absolute Gasteiger partial charge is 0.318 e. The number of rotatable bonds is 3. The Morgan fingerprint density at radius 3 is 2.62 bits per heavy atom. The fourth-order valence-electron chi connectivity index (χ4n) is 2.45. The van der Waals surface area contributed by atoms with Crippen molar-refractivity contribution in [1.82, 2.24) is 9.55 Å². The summed E-state index contributed by atoms with van der Waals surface area (Å²) in [7, 11) is 0. The Morgan fingerprint density at radius 1 is 1.24 bits per heavy atom. The molecule has 0 saturated carbocycles. The maximum absolute atomic E-state index is 13.6. The van der Waals surface area contributed by atoms with Crippen molar-refractivity contribution in [2.45, 2.75) is 25.3 Å². The van der Waals surface area contributed by atoms with E-state index in [4.69, 9.17) is 23.2 Å². The molecule has 0 aliphatic rings. The van der Waals surface area contributed by atoms with Gasteiger partial charge in [0.1, 0.15) is 11.6 Å². The van der Waals surface area contributed by atoms with Crippen LogP contribution in [0.4, 0.5) is 4.39 Å². The van der Waals surface area contributed by atoms with Gasteiger partial charge in [-0.3, -0.25) is 0 Å². The molecule has 2 unspecified atom stereocenters. The highest BCUT2D eigenvalue weighted by Gasteiger charge is 2.21. The topological polar surface area (TPSA) is 17.8 Å². The molecule has 2 nitrogen and oxygen atoms in total. The van der Waals surface area contributed by atoms with Crippen LogP contribution in [0.3, 0.4) is 0 Å². The third-order valence-corrected chi connectivity index (χ3v) is 5.02. The zero-order chi connectivity index (χ0) is 15.1. The van der Waals surface area contributed by atoms with Gasteiger partial charge in [-0.05, 0) is 44.2 Å². The molecule has 0 bridgehead atoms. The number of thiophene rings is 1. The van der Waals surface area contributed by atoms with Crippen LogP contribution in [0.15, 0.2) is 30.3 Å². The SMILES string of the molecule is CC(Cl)c1nc2ccc(F)cc2n1C(C)c1ccc(Cl)s1. The highest BCUT2D eigenvalue weighted by Crippen LogP contribution is 2.35. The van der Waals surface area contributed by atoms with Crippen LogP contribution in [-0.4, -0.2) is 9.55 Å². The lowest BCUT2D eigenvalue weighted by atomic mass is 10.2. The van der Waals surface area contributed by atoms with Crippen molar-refractivity contribution in [3.8, 4) is 0 Å². The molecule has 0 aliphatic carbocycles. The number of fused-ring (bicyclic) bond motifs is 1. The number of alkyl halides is 1. The lowest BCUT2D eigenvalue weighted by Gasteiger charge is -2.17. The van der Waals surface area contributed by atoms with Crippen LogP contribution in [0.1, 0.15) is 36.0 Å². The summed E-state index contributed by atoms with van der Waals surface area (Å²) < 4.78 is 16.3. The van der Waals surface area contributed by atoms with Crippen molar-refractivity contribution in [3.63, 3.8) is 0 Å². The van der Waals surface area contributed by atoms with E-state index in [0.717, 1.165) is 26.1 Å². The van der Waals surface area contributed by atoms with E-state index in [1.807, 2.05) is 30.5 Å². The van der Waals surface area contributed by atoms with Crippen LogP contribution in [0.5, 0.6) is 0 Å². The molecular formula is C15H13Cl2FN2S. The first-order valence-corrected chi connectivity index (χ1v) is 8.17. The van der Waals surface area contributed by atoms with Crippen LogP contribution < -0.4 is 0 Å². The van der Waals surface area contributed by atoms with Crippen LogP contribution >= 0.6 is 34.5 Å². The van der Waals surface area contributed by atoms with Gasteiger partial charge in [-0.25, -0.2) is 9.37 Å². The molecule has 3 rings (SSSR count). The van der Waals surface area contributed by atoms with Crippen molar-refractivity contribution in [1.29, 1.82) is 0 Å². The number of nitrogens with zero attached hydrogens (tertiary/aromatic N) is 2. The Hall–Kier alpha value is -1.10. The first kappa shape index (κ1) is 14.8. The number of hydrogen-bond donors (Lipinski definition) is 0. The average Bonchev–Trinajstić information content (AvgIpc) is 3.01. The molecule has 21 heavy (non-hydrogen) atoms. The van der Waals surface area contributed by atoms with Gasteiger partial charge in [-0.2, -0.15) is 0 Å². The predicted octanol–water partition coefficient (Wildman–Crippen LogP) is 5.80. The number of aromatic nitrogens is 2. The molecule has 110 valence electrons. The second-order valence-corrected chi connectivity index (χ2v) is 7.31. The standard InChI is InChI=1S/C15H13Cl2FN2S/c1-8(16)15-19-11-4-3-10(18)7-12(11)20(15)9(2)13-5-6-14(17)21-13/h3-9H,1-2H3. The van der Waals surface area contributed by atoms with Crippen molar-refractivity contribution in [2.24, 2.45) is 0 Å². The third-order valence-electron chi connectivity index (χ3n) is 3.43. The Bertz CT molecular complexity index is 794. The van der Waals surface area contributed by atoms with Crippen LogP contribution in [0.25, 0.3) is 11.0 Å². The summed E-state index contributed by atoms with van der Waals surface area (Å²) in [5, 5.41) is -0.265. The first-order chi connectivity index (χ1) is 9.97. The van der Waals surface area contributed by atoms with E-state index in [9.17, 15) is 4.39 Å². The Morgan fingerprint density at radius 2 is 2.00 bits per heavy atom. The first-order valence-electron chi connectivity index (χ1n) is 6.54. The maximum atomic E-state index is 13.6. The van der Waals surface area contributed by atoms with Gasteiger partial charge >= 0.3 is 0 Å². The minimum Gasteiger partial charge on any atom is -0.318 e. The molecule has 1 aromatic carbocycles. The van der Waals surface area contributed by atoms with Gasteiger partial charge in [0, 0.05) is 4.88 Å². The molecule has 2 heterocycles. The Kier molecular flexibility index (Phi) is 3.95. The summed E-state index contributed by atoms with van der Waals surface area (Å²) in [6, 6.07) is 8.42. The van der Waals surface area contributed by atoms with Gasteiger partial charge in [0.05, 0.1) is 26.8 Å². The zero-order valence-electron chi connectivity index (χ0n) is 11.5. The van der Waals surface area contributed by atoms with E-state index < -0.39 is 0 Å². The van der Waals surface area contributed by atoms with E-state index in [-0.39, 0.29) is 17.2 Å². The van der Waals surface area contributed by atoms with Crippen LogP contribution in [-0.2, 0) is 0 Å². The zero-order valence-corrected chi connectivity index (χ0v) is 13.8. The van der Waals surface area contributed by atoms with E-state index in [1.54, 1.807) is 6.07 Å². The van der Waals surface area contributed by atoms with E-state index >= 15 is 0 Å². The molecule has 0 fully saturated rings. The van der Waals surface area contributed by atoms with Crippen LogP contribution in [0.2, 0.25) is 4.34 Å². The average molecular weight is 343 g/mol. The molecule has 0 N–H and O–H groups in total. The summed E-state index contributed by atoms with van der Waals surface area (Å²) in [5.41, 5.74) is 1.49. The Labute approximate surface area is 136 Å². The number of halogens is 3. The van der Waals surface area contributed by atoms with Gasteiger partial charge < -0.3 is 4.57 Å². The van der Waals surface area contributed by atoms with Gasteiger partial charge in [0.2, 0.25) is 0 Å². The number of imidazole rings is 1. The second kappa shape index (κ2) is 5.59. The van der Waals surface area contributed by atoms with Crippen molar-refractivity contribution < 1.29 is 4.39 Å². The maximum Gasteiger partial charge on any atom is 0.128 e. The third kappa shape index (κ3) is 2.68. The molecule has 2 atom stereocenters. The van der Waals surface area contributed by atoms with Crippen molar-refractivity contribution in [3.05, 3.63) is 51.2 Å². The molecule has 0 aliphatic heterocycles. The van der Waals surface area contributed by atoms with Gasteiger partial charge in [0.25, 0.3) is 0 Å². The molecule has 3 aromatic rings. The molecule has 0 saturated heterocycles. The quantitative estimate of drug-likeness (QED) is 0.550. The van der Waals surface area contributed by atoms with Gasteiger partial charge in [-0.15, -0.1) is 22.9 Å². The number of benzene rings is 1. The summed E-state index contributed by atoms with van der Waals surface area (Å²) in [4.78, 5) is 5.63. The predicted molar refractivity (Wildman–Crippen MR) is 87.1 cm³/mol. The van der Waals surface area contributed by atoms with Gasteiger partial charge in [0.15, 0.2) is 0 Å². The van der Waals surface area contributed by atoms with Crippen LogP contribution in [0, 0.1) is 5.82 Å². The summed E-state index contributed by atoms with van der Waals surface area (Å²) in [6.07, 6.45) is 0. The second-order valence-electron chi connectivity index (χ2n) is 4.91. The van der Waals surface area contributed by atoms with E-state index in [0.29, 0.717) is 0 Å². The fourth-order valence-corrected chi connectivity index (χ4v) is 3.71. The minimum atomic E-state index is -0.283. The minimum absolute atomic E-state index is 0.00880. The molecule has 0 amide bonds. The Balaban J connectivity index is 2.23. The van der Waals surface area contributed by atoms with E-state index in [1.165, 1.54) is 23.5 Å². The summed E-state index contributed by atoms with van der Waals surface area (Å²) in [5.74, 6) is 0.447. The highest BCUT2D eigenvalue weighted by molar-refractivity contribution is 7.16. The number of hydrogen-bond acceptors (Lipinski definition) is 2. The van der Waals surface area contributed by atoms with E-state index in [2.05, 4.69) is 4.98 Å². The molecule has 6 heteroatoms. The normalized spacial score (nSPS) is 14.5. The smallest absolute Gasteiger partial charge is 0.128 e. The molecular weight excluding hydrogens is 330 g/mol. The molecule has 0 spiro atoms. The summed E-state index contributed by atoms with van der Waals surface area (Å²) in [6.45, 7) is 3.90. The van der Waals surface area contributed by atoms with Gasteiger partial charge in [-0.1, -0.05) is 11.6 Å².